The van der Waals surface area contributed by atoms with Gasteiger partial charge in [0.05, 0.1) is 13.2 Å². The van der Waals surface area contributed by atoms with Gasteiger partial charge in [0, 0.05) is 31.7 Å². The molecular formula is C17H25N3O. The number of hydrogen-bond acceptors (Lipinski definition) is 2. The molecule has 2 saturated heterocycles. The number of rotatable bonds is 3. The van der Waals surface area contributed by atoms with E-state index in [0.29, 0.717) is 5.41 Å². The molecule has 2 heterocycles. The van der Waals surface area contributed by atoms with Crippen molar-refractivity contribution in [3.63, 3.8) is 0 Å². The molecule has 1 N–H and O–H groups in total. The summed E-state index contributed by atoms with van der Waals surface area (Å²) in [5, 5.41) is 3.44. The topological polar surface area (TPSA) is 36.9 Å². The number of benzene rings is 1. The summed E-state index contributed by atoms with van der Waals surface area (Å²) in [5.41, 5.74) is 1.63. The van der Waals surface area contributed by atoms with Crippen LogP contribution in [-0.4, -0.2) is 43.7 Å². The molecule has 4 heteroatoms. The number of nitrogens with one attached hydrogen (secondary N) is 1. The predicted octanol–water partition coefficient (Wildman–Crippen LogP) is 2.26. The molecule has 0 amide bonds. The maximum absolute atomic E-state index is 5.61. The maximum atomic E-state index is 5.61. The van der Waals surface area contributed by atoms with Gasteiger partial charge in [0.25, 0.3) is 0 Å². The van der Waals surface area contributed by atoms with E-state index in [-0.39, 0.29) is 0 Å². The van der Waals surface area contributed by atoms with E-state index in [9.17, 15) is 0 Å². The third-order valence-electron chi connectivity index (χ3n) is 4.51. The molecule has 1 atom stereocenters. The zero-order chi connectivity index (χ0) is 14.5. The first-order valence-electron chi connectivity index (χ1n) is 7.96. The summed E-state index contributed by atoms with van der Waals surface area (Å²) in [6.07, 6.45) is 2.42. The molecule has 0 aromatic heterocycles. The van der Waals surface area contributed by atoms with Crippen LogP contribution in [0.25, 0.3) is 0 Å². The molecule has 0 radical (unpaired) electrons. The van der Waals surface area contributed by atoms with E-state index in [4.69, 9.17) is 9.73 Å². The standard InChI is InChI=1S/C17H25N3O/c1-2-18-16(19-12-15-6-4-3-5-7-15)20-10-8-17(13-20)9-11-21-14-17/h3-7H,2,8-14H2,1H3,(H,18,19). The Morgan fingerprint density at radius 1 is 1.33 bits per heavy atom. The van der Waals surface area contributed by atoms with Crippen LogP contribution in [-0.2, 0) is 11.3 Å². The van der Waals surface area contributed by atoms with Gasteiger partial charge in [0.1, 0.15) is 0 Å². The summed E-state index contributed by atoms with van der Waals surface area (Å²) in [6.45, 7) is 7.78. The smallest absolute Gasteiger partial charge is 0.194 e. The quantitative estimate of drug-likeness (QED) is 0.684. The van der Waals surface area contributed by atoms with Crippen LogP contribution in [0.3, 0.4) is 0 Å². The first-order valence-corrected chi connectivity index (χ1v) is 7.96. The van der Waals surface area contributed by atoms with Crippen LogP contribution in [0.1, 0.15) is 25.3 Å². The largest absolute Gasteiger partial charge is 0.381 e. The van der Waals surface area contributed by atoms with Gasteiger partial charge < -0.3 is 15.0 Å². The van der Waals surface area contributed by atoms with E-state index in [1.54, 1.807) is 0 Å². The third-order valence-corrected chi connectivity index (χ3v) is 4.51. The molecule has 0 saturated carbocycles. The lowest BCUT2D eigenvalue weighted by molar-refractivity contribution is 0.156. The Balaban J connectivity index is 1.67. The molecule has 2 fully saturated rings. The van der Waals surface area contributed by atoms with Gasteiger partial charge in [-0.15, -0.1) is 0 Å². The average molecular weight is 287 g/mol. The normalized spacial score (nSPS) is 25.8. The Kier molecular flexibility index (Phi) is 4.44. The molecule has 1 aromatic carbocycles. The minimum Gasteiger partial charge on any atom is -0.381 e. The monoisotopic (exact) mass is 287 g/mol. The second-order valence-corrected chi connectivity index (χ2v) is 6.13. The van der Waals surface area contributed by atoms with Crippen molar-refractivity contribution >= 4 is 5.96 Å². The maximum Gasteiger partial charge on any atom is 0.194 e. The number of ether oxygens (including phenoxy) is 1. The fourth-order valence-corrected chi connectivity index (χ4v) is 3.26. The molecule has 3 rings (SSSR count). The lowest BCUT2D eigenvalue weighted by Crippen LogP contribution is -2.41. The van der Waals surface area contributed by atoms with Crippen LogP contribution in [0.4, 0.5) is 0 Å². The lowest BCUT2D eigenvalue weighted by Gasteiger charge is -2.25. The van der Waals surface area contributed by atoms with Crippen molar-refractivity contribution in [3.05, 3.63) is 35.9 Å². The molecular weight excluding hydrogens is 262 g/mol. The number of aliphatic imine (C=N–C) groups is 1. The van der Waals surface area contributed by atoms with E-state index in [0.717, 1.165) is 45.4 Å². The van der Waals surface area contributed by atoms with Crippen molar-refractivity contribution < 1.29 is 4.74 Å². The molecule has 1 unspecified atom stereocenters. The van der Waals surface area contributed by atoms with Gasteiger partial charge in [-0.2, -0.15) is 0 Å². The minimum absolute atomic E-state index is 0.378. The molecule has 114 valence electrons. The SMILES string of the molecule is CCNC(=NCc1ccccc1)N1CCC2(CCOC2)C1. The molecule has 1 aromatic rings. The van der Waals surface area contributed by atoms with Crippen LogP contribution < -0.4 is 5.32 Å². The summed E-state index contributed by atoms with van der Waals surface area (Å²) in [5.74, 6) is 1.05. The second-order valence-electron chi connectivity index (χ2n) is 6.13. The molecule has 0 aliphatic carbocycles. The van der Waals surface area contributed by atoms with E-state index in [1.165, 1.54) is 18.4 Å². The highest BCUT2D eigenvalue weighted by Crippen LogP contribution is 2.38. The molecule has 1 spiro atoms. The van der Waals surface area contributed by atoms with Crippen molar-refractivity contribution in [3.8, 4) is 0 Å². The van der Waals surface area contributed by atoms with Crippen molar-refractivity contribution in [2.75, 3.05) is 32.8 Å². The molecule has 0 bridgehead atoms. The summed E-state index contributed by atoms with van der Waals surface area (Å²) in [4.78, 5) is 7.21. The van der Waals surface area contributed by atoms with E-state index < -0.39 is 0 Å². The Hall–Kier alpha value is -1.55. The molecule has 21 heavy (non-hydrogen) atoms. The van der Waals surface area contributed by atoms with Crippen LogP contribution in [0.5, 0.6) is 0 Å². The summed E-state index contributed by atoms with van der Waals surface area (Å²) in [6, 6.07) is 10.4. The third kappa shape index (κ3) is 3.38. The van der Waals surface area contributed by atoms with Gasteiger partial charge in [-0.1, -0.05) is 30.3 Å². The Morgan fingerprint density at radius 3 is 2.90 bits per heavy atom. The lowest BCUT2D eigenvalue weighted by atomic mass is 9.87. The van der Waals surface area contributed by atoms with E-state index in [1.807, 2.05) is 6.07 Å². The van der Waals surface area contributed by atoms with E-state index in [2.05, 4.69) is 41.4 Å². The molecule has 2 aliphatic heterocycles. The van der Waals surface area contributed by atoms with Gasteiger partial charge in [-0.25, -0.2) is 4.99 Å². The van der Waals surface area contributed by atoms with E-state index >= 15 is 0 Å². The van der Waals surface area contributed by atoms with Gasteiger partial charge in [0.15, 0.2) is 5.96 Å². The van der Waals surface area contributed by atoms with Crippen molar-refractivity contribution in [1.29, 1.82) is 0 Å². The zero-order valence-electron chi connectivity index (χ0n) is 12.8. The van der Waals surface area contributed by atoms with Crippen LogP contribution in [0.2, 0.25) is 0 Å². The number of hydrogen-bond donors (Lipinski definition) is 1. The fourth-order valence-electron chi connectivity index (χ4n) is 3.26. The Bertz CT molecular complexity index is 480. The van der Waals surface area contributed by atoms with Gasteiger partial charge in [-0.05, 0) is 25.3 Å². The molecule has 2 aliphatic rings. The van der Waals surface area contributed by atoms with Crippen LogP contribution >= 0.6 is 0 Å². The Morgan fingerprint density at radius 2 is 2.19 bits per heavy atom. The van der Waals surface area contributed by atoms with Crippen molar-refractivity contribution in [2.45, 2.75) is 26.3 Å². The summed E-state index contributed by atoms with van der Waals surface area (Å²) >= 11 is 0. The van der Waals surface area contributed by atoms with Gasteiger partial charge >= 0.3 is 0 Å². The van der Waals surface area contributed by atoms with Crippen LogP contribution in [0, 0.1) is 5.41 Å². The Labute approximate surface area is 127 Å². The number of nitrogens with zero attached hydrogens (tertiary/aromatic N) is 2. The zero-order valence-corrected chi connectivity index (χ0v) is 12.8. The highest BCUT2D eigenvalue weighted by atomic mass is 16.5. The van der Waals surface area contributed by atoms with Crippen molar-refractivity contribution in [1.82, 2.24) is 10.2 Å². The number of guanidine groups is 1. The minimum atomic E-state index is 0.378. The first kappa shape index (κ1) is 14.4. The number of likely N-dealkylation sites (tertiary alicyclic amines) is 1. The van der Waals surface area contributed by atoms with Crippen molar-refractivity contribution in [2.24, 2.45) is 10.4 Å². The highest BCUT2D eigenvalue weighted by molar-refractivity contribution is 5.80. The van der Waals surface area contributed by atoms with Crippen LogP contribution in [0.15, 0.2) is 35.3 Å². The average Bonchev–Trinajstić information content (AvgIpc) is 3.15. The summed E-state index contributed by atoms with van der Waals surface area (Å²) < 4.78 is 5.61. The predicted molar refractivity (Wildman–Crippen MR) is 85.3 cm³/mol. The fraction of sp³-hybridized carbons (Fsp3) is 0.588. The first-order chi connectivity index (χ1) is 10.3. The van der Waals surface area contributed by atoms with Gasteiger partial charge in [0.2, 0.25) is 0 Å². The van der Waals surface area contributed by atoms with Gasteiger partial charge in [-0.3, -0.25) is 0 Å². The molecule has 4 nitrogen and oxygen atoms in total. The second kappa shape index (κ2) is 6.48. The highest BCUT2D eigenvalue weighted by Gasteiger charge is 2.42. The summed E-state index contributed by atoms with van der Waals surface area (Å²) in [7, 11) is 0.